The normalized spacial score (nSPS) is 24.5. The van der Waals surface area contributed by atoms with Crippen molar-refractivity contribution in [1.82, 2.24) is 5.32 Å². The number of carboxylic acid groups (broad SMARTS) is 1. The lowest BCUT2D eigenvalue weighted by Crippen LogP contribution is -2.58. The second-order valence-corrected chi connectivity index (χ2v) is 4.33. The van der Waals surface area contributed by atoms with Crippen LogP contribution < -0.4 is 16.8 Å². The third-order valence-corrected chi connectivity index (χ3v) is 2.79. The molecule has 0 radical (unpaired) electrons. The average molecular weight is 259 g/mol. The fourth-order valence-electron chi connectivity index (χ4n) is 1.61. The van der Waals surface area contributed by atoms with Crippen molar-refractivity contribution in [2.24, 2.45) is 11.5 Å². The molecule has 18 heavy (non-hydrogen) atoms. The van der Waals surface area contributed by atoms with Gasteiger partial charge in [0.2, 0.25) is 11.8 Å². The van der Waals surface area contributed by atoms with Crippen LogP contribution in [0.15, 0.2) is 0 Å². The summed E-state index contributed by atoms with van der Waals surface area (Å²) < 4.78 is 5.01. The van der Waals surface area contributed by atoms with Crippen LogP contribution in [0.3, 0.4) is 0 Å². The Kier molecular flexibility index (Phi) is 4.62. The molecule has 6 N–H and O–H groups in total. The van der Waals surface area contributed by atoms with Crippen molar-refractivity contribution >= 4 is 17.8 Å². The third-order valence-electron chi connectivity index (χ3n) is 2.79. The van der Waals surface area contributed by atoms with Crippen LogP contribution in [0.25, 0.3) is 0 Å². The van der Waals surface area contributed by atoms with E-state index in [1.807, 2.05) is 0 Å². The van der Waals surface area contributed by atoms with Crippen LogP contribution in [0.1, 0.15) is 19.3 Å². The van der Waals surface area contributed by atoms with Gasteiger partial charge >= 0.3 is 5.97 Å². The Balaban J connectivity index is 2.57. The molecule has 8 nitrogen and oxygen atoms in total. The van der Waals surface area contributed by atoms with Gasteiger partial charge in [-0.05, 0) is 12.8 Å². The molecule has 0 spiro atoms. The van der Waals surface area contributed by atoms with Crippen molar-refractivity contribution in [3.63, 3.8) is 0 Å². The second-order valence-electron chi connectivity index (χ2n) is 4.33. The molecule has 102 valence electrons. The molecule has 0 aliphatic carbocycles. The van der Waals surface area contributed by atoms with Gasteiger partial charge in [-0.3, -0.25) is 9.59 Å². The molecule has 1 saturated heterocycles. The molecule has 1 rings (SSSR count). The molecule has 8 heteroatoms. The Morgan fingerprint density at radius 3 is 2.56 bits per heavy atom. The average Bonchev–Trinajstić information content (AvgIpc) is 2.71. The van der Waals surface area contributed by atoms with Crippen molar-refractivity contribution in [3.05, 3.63) is 0 Å². The molecule has 1 heterocycles. The van der Waals surface area contributed by atoms with Gasteiger partial charge < -0.3 is 26.6 Å². The highest BCUT2D eigenvalue weighted by molar-refractivity contribution is 5.90. The minimum absolute atomic E-state index is 0.0565. The molecule has 1 unspecified atom stereocenters. The van der Waals surface area contributed by atoms with Crippen LogP contribution >= 0.6 is 0 Å². The predicted octanol–water partition coefficient (Wildman–Crippen LogP) is -2.06. The second kappa shape index (κ2) is 5.78. The Hall–Kier alpha value is -1.67. The fraction of sp³-hybridized carbons (Fsp3) is 0.700. The van der Waals surface area contributed by atoms with E-state index in [1.54, 1.807) is 0 Å². The number of rotatable bonds is 6. The maximum absolute atomic E-state index is 11.8. The lowest BCUT2D eigenvalue weighted by atomic mass is 9.98. The fourth-order valence-corrected chi connectivity index (χ4v) is 1.61. The number of carbonyl (C=O) groups is 3. The van der Waals surface area contributed by atoms with E-state index >= 15 is 0 Å². The van der Waals surface area contributed by atoms with Gasteiger partial charge in [0.05, 0.1) is 6.61 Å². The maximum atomic E-state index is 11.8. The van der Waals surface area contributed by atoms with Crippen molar-refractivity contribution in [2.75, 3.05) is 13.2 Å². The van der Waals surface area contributed by atoms with Crippen LogP contribution in [-0.2, 0) is 19.1 Å². The van der Waals surface area contributed by atoms with E-state index in [4.69, 9.17) is 21.3 Å². The van der Waals surface area contributed by atoms with Crippen LogP contribution in [0.4, 0.5) is 0 Å². The third kappa shape index (κ3) is 3.67. The van der Waals surface area contributed by atoms with Crippen molar-refractivity contribution < 1.29 is 24.2 Å². The summed E-state index contributed by atoms with van der Waals surface area (Å²) in [6, 6.07) is -1.17. The monoisotopic (exact) mass is 259 g/mol. The van der Waals surface area contributed by atoms with Crippen LogP contribution in [0.5, 0.6) is 0 Å². The van der Waals surface area contributed by atoms with Crippen LogP contribution in [-0.4, -0.2) is 47.7 Å². The summed E-state index contributed by atoms with van der Waals surface area (Å²) >= 11 is 0. The molecule has 1 aliphatic heterocycles. The zero-order valence-electron chi connectivity index (χ0n) is 9.85. The lowest BCUT2D eigenvalue weighted by molar-refractivity contribution is -0.143. The van der Waals surface area contributed by atoms with Crippen molar-refractivity contribution in [3.8, 4) is 0 Å². The highest BCUT2D eigenvalue weighted by Crippen LogP contribution is 2.16. The molecule has 0 bridgehead atoms. The van der Waals surface area contributed by atoms with Crippen molar-refractivity contribution in [1.29, 1.82) is 0 Å². The van der Waals surface area contributed by atoms with Gasteiger partial charge in [-0.2, -0.15) is 0 Å². The van der Waals surface area contributed by atoms with Gasteiger partial charge in [0.15, 0.2) is 0 Å². The molecule has 2 amide bonds. The van der Waals surface area contributed by atoms with E-state index in [2.05, 4.69) is 5.32 Å². The van der Waals surface area contributed by atoms with E-state index in [9.17, 15) is 14.4 Å². The van der Waals surface area contributed by atoms with Gasteiger partial charge in [-0.1, -0.05) is 0 Å². The predicted molar refractivity (Wildman–Crippen MR) is 60.3 cm³/mol. The zero-order valence-corrected chi connectivity index (χ0v) is 9.85. The molecular formula is C10H17N3O5. The molecule has 1 aliphatic rings. The highest BCUT2D eigenvalue weighted by atomic mass is 16.5. The lowest BCUT2D eigenvalue weighted by Gasteiger charge is -2.23. The van der Waals surface area contributed by atoms with Crippen LogP contribution in [0.2, 0.25) is 0 Å². The topological polar surface area (TPSA) is 145 Å². The number of aliphatic carboxylic acids is 1. The first-order chi connectivity index (χ1) is 8.35. The highest BCUT2D eigenvalue weighted by Gasteiger charge is 2.39. The molecule has 1 fully saturated rings. The maximum Gasteiger partial charge on any atom is 0.326 e. The van der Waals surface area contributed by atoms with E-state index in [0.717, 1.165) is 0 Å². The van der Waals surface area contributed by atoms with Gasteiger partial charge in [0.1, 0.15) is 11.6 Å². The van der Waals surface area contributed by atoms with Gasteiger partial charge in [0, 0.05) is 13.0 Å². The quantitative estimate of drug-likeness (QED) is 0.431. The number of carboxylic acids is 1. The number of hydrogen-bond acceptors (Lipinski definition) is 5. The molecule has 2 atom stereocenters. The molecule has 0 saturated carbocycles. The van der Waals surface area contributed by atoms with Gasteiger partial charge in [-0.15, -0.1) is 0 Å². The number of ether oxygens (including phenoxy) is 1. The minimum atomic E-state index is -1.23. The summed E-state index contributed by atoms with van der Waals surface area (Å²) in [5.74, 6) is -2.44. The van der Waals surface area contributed by atoms with Crippen LogP contribution in [0, 0.1) is 0 Å². The van der Waals surface area contributed by atoms with E-state index in [1.165, 1.54) is 0 Å². The Morgan fingerprint density at radius 2 is 2.11 bits per heavy atom. The van der Waals surface area contributed by atoms with E-state index in [0.29, 0.717) is 13.0 Å². The summed E-state index contributed by atoms with van der Waals surface area (Å²) in [6.07, 6.45) is 0.152. The number of hydrogen-bond donors (Lipinski definition) is 4. The number of nitrogens with two attached hydrogens (primary N) is 2. The summed E-state index contributed by atoms with van der Waals surface area (Å²) in [7, 11) is 0. The first-order valence-electron chi connectivity index (χ1n) is 5.54. The summed E-state index contributed by atoms with van der Waals surface area (Å²) in [5.41, 5.74) is 9.52. The van der Waals surface area contributed by atoms with Gasteiger partial charge in [-0.25, -0.2) is 4.79 Å². The first-order valence-corrected chi connectivity index (χ1v) is 5.54. The Morgan fingerprint density at radius 1 is 1.44 bits per heavy atom. The van der Waals surface area contributed by atoms with E-state index < -0.39 is 29.4 Å². The first kappa shape index (κ1) is 14.4. The smallest absolute Gasteiger partial charge is 0.326 e. The molecule has 0 aromatic rings. The molecular weight excluding hydrogens is 242 g/mol. The molecule has 0 aromatic carbocycles. The summed E-state index contributed by atoms with van der Waals surface area (Å²) in [5, 5.41) is 11.2. The van der Waals surface area contributed by atoms with Gasteiger partial charge in [0.25, 0.3) is 0 Å². The van der Waals surface area contributed by atoms with E-state index in [-0.39, 0.29) is 19.4 Å². The standard InChI is InChI=1S/C10H17N3O5/c11-7(14)2-1-6(8(15)16)13-9(17)10(12)3-4-18-5-10/h6H,1-5,12H2,(H2,11,14)(H,13,17)(H,15,16)/t6-,10?/m0/s1. The summed E-state index contributed by atoms with van der Waals surface area (Å²) in [4.78, 5) is 33.4. The Labute approximate surface area is 104 Å². The number of nitrogens with one attached hydrogen (secondary N) is 1. The Bertz CT molecular complexity index is 351. The molecule has 0 aromatic heterocycles. The number of amides is 2. The largest absolute Gasteiger partial charge is 0.480 e. The summed E-state index contributed by atoms with van der Waals surface area (Å²) in [6.45, 7) is 0.421. The van der Waals surface area contributed by atoms with Crippen molar-refractivity contribution in [2.45, 2.75) is 30.8 Å². The number of primary amides is 1. The zero-order chi connectivity index (χ0) is 13.8. The number of carbonyl (C=O) groups excluding carboxylic acids is 2. The minimum Gasteiger partial charge on any atom is -0.480 e. The SMILES string of the molecule is NC(=O)CC[C@H](NC(=O)C1(N)CCOC1)C(=O)O.